The molecule has 3 rings (SSSR count). The summed E-state index contributed by atoms with van der Waals surface area (Å²) < 4.78 is 32.2. The van der Waals surface area contributed by atoms with Gasteiger partial charge in [0.15, 0.2) is 0 Å². The van der Waals surface area contributed by atoms with E-state index in [-0.39, 0.29) is 16.9 Å². The fraction of sp³-hybridized carbons (Fsp3) is 0.588. The molecule has 2 aliphatic heterocycles. The second kappa shape index (κ2) is 8.03. The molecule has 25 heavy (non-hydrogen) atoms. The van der Waals surface area contributed by atoms with Crippen LogP contribution < -0.4 is 5.32 Å². The van der Waals surface area contributed by atoms with Gasteiger partial charge in [-0.15, -0.1) is 0 Å². The number of sulfonamides is 1. The zero-order valence-corrected chi connectivity index (χ0v) is 15.6. The molecule has 138 valence electrons. The third kappa shape index (κ3) is 4.53. The van der Waals surface area contributed by atoms with E-state index in [2.05, 4.69) is 5.32 Å². The highest BCUT2D eigenvalue weighted by atomic mass is 35.5. The summed E-state index contributed by atoms with van der Waals surface area (Å²) in [6.45, 7) is 2.16. The normalized spacial score (nSPS) is 22.8. The zero-order chi connectivity index (χ0) is 17.9. The highest BCUT2D eigenvalue weighted by molar-refractivity contribution is 7.89. The van der Waals surface area contributed by atoms with E-state index in [0.29, 0.717) is 37.2 Å². The number of nitrogens with zero attached hydrogens (tertiary/aromatic N) is 1. The van der Waals surface area contributed by atoms with Crippen LogP contribution >= 0.6 is 11.6 Å². The van der Waals surface area contributed by atoms with Gasteiger partial charge in [0.05, 0.1) is 4.90 Å². The van der Waals surface area contributed by atoms with Crippen molar-refractivity contribution in [3.8, 4) is 0 Å². The van der Waals surface area contributed by atoms with E-state index in [1.165, 1.54) is 16.4 Å². The van der Waals surface area contributed by atoms with E-state index in [9.17, 15) is 13.2 Å². The largest absolute Gasteiger partial charge is 0.368 e. The Balaban J connectivity index is 1.49. The van der Waals surface area contributed by atoms with Crippen LogP contribution in [-0.2, 0) is 19.6 Å². The van der Waals surface area contributed by atoms with Gasteiger partial charge in [-0.3, -0.25) is 4.79 Å². The van der Waals surface area contributed by atoms with Crippen molar-refractivity contribution in [2.75, 3.05) is 26.2 Å². The summed E-state index contributed by atoms with van der Waals surface area (Å²) in [6, 6.07) is 6.24. The van der Waals surface area contributed by atoms with Gasteiger partial charge in [-0.25, -0.2) is 8.42 Å². The van der Waals surface area contributed by atoms with Crippen molar-refractivity contribution in [2.45, 2.75) is 36.7 Å². The van der Waals surface area contributed by atoms with Crippen molar-refractivity contribution in [3.05, 3.63) is 29.3 Å². The minimum Gasteiger partial charge on any atom is -0.368 e. The van der Waals surface area contributed by atoms with E-state index >= 15 is 0 Å². The first-order valence-electron chi connectivity index (χ1n) is 8.62. The summed E-state index contributed by atoms with van der Waals surface area (Å²) in [6.07, 6.45) is 2.87. The lowest BCUT2D eigenvalue weighted by molar-refractivity contribution is -0.130. The number of rotatable bonds is 5. The Labute approximate surface area is 153 Å². The summed E-state index contributed by atoms with van der Waals surface area (Å²) in [4.78, 5) is 12.2. The molecule has 0 aliphatic carbocycles. The second-order valence-corrected chi connectivity index (χ2v) is 8.92. The first kappa shape index (κ1) is 18.6. The molecule has 2 aliphatic rings. The van der Waals surface area contributed by atoms with Crippen LogP contribution in [0.5, 0.6) is 0 Å². The van der Waals surface area contributed by atoms with Gasteiger partial charge < -0.3 is 10.1 Å². The van der Waals surface area contributed by atoms with E-state index in [0.717, 1.165) is 25.7 Å². The molecular formula is C17H23ClN2O4S. The Kier molecular flexibility index (Phi) is 5.99. The third-order valence-corrected chi connectivity index (χ3v) is 6.98. The van der Waals surface area contributed by atoms with Crippen LogP contribution in [0.25, 0.3) is 0 Å². The summed E-state index contributed by atoms with van der Waals surface area (Å²) in [7, 11) is -3.48. The minimum absolute atomic E-state index is 0.0475. The molecule has 0 spiro atoms. The molecule has 0 unspecified atom stereocenters. The van der Waals surface area contributed by atoms with Crippen molar-refractivity contribution in [3.63, 3.8) is 0 Å². The van der Waals surface area contributed by atoms with Crippen LogP contribution in [-0.4, -0.2) is 51.0 Å². The van der Waals surface area contributed by atoms with Crippen LogP contribution in [0.2, 0.25) is 5.02 Å². The van der Waals surface area contributed by atoms with Crippen molar-refractivity contribution in [1.82, 2.24) is 9.62 Å². The van der Waals surface area contributed by atoms with Gasteiger partial charge >= 0.3 is 0 Å². The number of piperidine rings is 1. The molecule has 2 fully saturated rings. The van der Waals surface area contributed by atoms with Gasteiger partial charge in [-0.05, 0) is 55.9 Å². The standard InChI is InChI=1S/C17H23ClN2O4S/c18-14-3-5-15(6-4-14)25(22,23)20-9-7-13(8-10-20)12-19-17(21)16-2-1-11-24-16/h3-6,13,16H,1-2,7-12H2,(H,19,21)/t16-/m0/s1. The number of halogens is 1. The SMILES string of the molecule is O=C(NCC1CCN(S(=O)(=O)c2ccc(Cl)cc2)CC1)[C@@H]1CCCO1. The Morgan fingerprint density at radius 1 is 1.20 bits per heavy atom. The number of benzene rings is 1. The number of hydrogen-bond donors (Lipinski definition) is 1. The van der Waals surface area contributed by atoms with Crippen molar-refractivity contribution < 1.29 is 17.9 Å². The van der Waals surface area contributed by atoms with Crippen LogP contribution in [0.15, 0.2) is 29.2 Å². The molecule has 2 saturated heterocycles. The molecule has 0 bridgehead atoms. The Morgan fingerprint density at radius 2 is 1.88 bits per heavy atom. The quantitative estimate of drug-likeness (QED) is 0.840. The lowest BCUT2D eigenvalue weighted by Gasteiger charge is -2.31. The zero-order valence-electron chi connectivity index (χ0n) is 14.0. The topological polar surface area (TPSA) is 75.7 Å². The maximum absolute atomic E-state index is 12.6. The molecular weight excluding hydrogens is 364 g/mol. The number of carbonyl (C=O) groups excluding carboxylic acids is 1. The number of amides is 1. The molecule has 0 aromatic heterocycles. The maximum Gasteiger partial charge on any atom is 0.249 e. The van der Waals surface area contributed by atoms with Gasteiger partial charge in [-0.1, -0.05) is 11.6 Å². The summed E-state index contributed by atoms with van der Waals surface area (Å²) in [5.41, 5.74) is 0. The van der Waals surface area contributed by atoms with Crippen LogP contribution in [0.4, 0.5) is 0 Å². The van der Waals surface area contributed by atoms with Gasteiger partial charge in [0, 0.05) is 31.3 Å². The summed E-state index contributed by atoms with van der Waals surface area (Å²) in [5, 5.41) is 3.45. The van der Waals surface area contributed by atoms with E-state index < -0.39 is 10.0 Å². The van der Waals surface area contributed by atoms with Gasteiger partial charge in [0.25, 0.3) is 0 Å². The van der Waals surface area contributed by atoms with Crippen LogP contribution in [0.3, 0.4) is 0 Å². The maximum atomic E-state index is 12.6. The third-order valence-electron chi connectivity index (χ3n) is 4.81. The average Bonchev–Trinajstić information content (AvgIpc) is 3.15. The predicted octanol–water partition coefficient (Wildman–Crippen LogP) is 2.04. The lowest BCUT2D eigenvalue weighted by atomic mass is 9.98. The van der Waals surface area contributed by atoms with Crippen molar-refractivity contribution in [1.29, 1.82) is 0 Å². The van der Waals surface area contributed by atoms with Gasteiger partial charge in [-0.2, -0.15) is 4.31 Å². The number of ether oxygens (including phenoxy) is 1. The number of carbonyl (C=O) groups is 1. The summed E-state index contributed by atoms with van der Waals surface area (Å²) >= 11 is 5.82. The fourth-order valence-corrected chi connectivity index (χ4v) is 4.85. The van der Waals surface area contributed by atoms with Crippen LogP contribution in [0.1, 0.15) is 25.7 Å². The molecule has 1 atom stereocenters. The minimum atomic E-state index is -3.48. The molecule has 2 heterocycles. The van der Waals surface area contributed by atoms with Crippen LogP contribution in [0, 0.1) is 5.92 Å². The van der Waals surface area contributed by atoms with Gasteiger partial charge in [0.2, 0.25) is 15.9 Å². The highest BCUT2D eigenvalue weighted by Gasteiger charge is 2.30. The molecule has 1 N–H and O–H groups in total. The van der Waals surface area contributed by atoms with E-state index in [1.807, 2.05) is 0 Å². The monoisotopic (exact) mass is 386 g/mol. The average molecular weight is 387 g/mol. The molecule has 1 aromatic rings. The Bertz CT molecular complexity index is 694. The first-order chi connectivity index (χ1) is 12.0. The molecule has 1 aromatic carbocycles. The first-order valence-corrected chi connectivity index (χ1v) is 10.4. The molecule has 6 nitrogen and oxygen atoms in total. The predicted molar refractivity (Wildman–Crippen MR) is 94.9 cm³/mol. The number of hydrogen-bond acceptors (Lipinski definition) is 4. The van der Waals surface area contributed by atoms with E-state index in [1.54, 1.807) is 12.1 Å². The Hall–Kier alpha value is -1.15. The number of nitrogens with one attached hydrogen (secondary N) is 1. The van der Waals surface area contributed by atoms with E-state index in [4.69, 9.17) is 16.3 Å². The van der Waals surface area contributed by atoms with Gasteiger partial charge in [0.1, 0.15) is 6.10 Å². The second-order valence-electron chi connectivity index (χ2n) is 6.55. The fourth-order valence-electron chi connectivity index (χ4n) is 3.25. The molecule has 1 amide bonds. The Morgan fingerprint density at radius 3 is 2.48 bits per heavy atom. The smallest absolute Gasteiger partial charge is 0.249 e. The molecule has 0 saturated carbocycles. The van der Waals surface area contributed by atoms with Crippen molar-refractivity contribution in [2.24, 2.45) is 5.92 Å². The summed E-state index contributed by atoms with van der Waals surface area (Å²) in [5.74, 6) is 0.246. The molecule has 0 radical (unpaired) electrons. The van der Waals surface area contributed by atoms with Crippen molar-refractivity contribution >= 4 is 27.5 Å². The lowest BCUT2D eigenvalue weighted by Crippen LogP contribution is -2.43. The highest BCUT2D eigenvalue weighted by Crippen LogP contribution is 2.24. The molecule has 8 heteroatoms.